The van der Waals surface area contributed by atoms with E-state index >= 15 is 0 Å². The van der Waals surface area contributed by atoms with Crippen molar-refractivity contribution in [2.75, 3.05) is 28.4 Å². The van der Waals surface area contributed by atoms with Crippen molar-refractivity contribution in [2.24, 2.45) is 0 Å². The van der Waals surface area contributed by atoms with Gasteiger partial charge in [0.15, 0.2) is 23.0 Å². The van der Waals surface area contributed by atoms with E-state index < -0.39 is 9.84 Å². The molecule has 1 aliphatic rings. The molecule has 3 rings (SSSR count). The molecule has 122 valence electrons. The largest absolute Gasteiger partial charge is 0.493 e. The highest BCUT2D eigenvalue weighted by atomic mass is 32.2. The molecular weight excluding hydrogens is 320 g/mol. The number of methoxy groups -OCH3 is 4. The molecule has 0 fully saturated rings. The van der Waals surface area contributed by atoms with Gasteiger partial charge in [-0.3, -0.25) is 0 Å². The maximum absolute atomic E-state index is 12.8. The zero-order valence-corrected chi connectivity index (χ0v) is 14.0. The van der Waals surface area contributed by atoms with Gasteiger partial charge >= 0.3 is 0 Å². The first-order valence-corrected chi connectivity index (χ1v) is 8.23. The van der Waals surface area contributed by atoms with Gasteiger partial charge in [-0.2, -0.15) is 0 Å². The Hall–Kier alpha value is -2.41. The molecule has 0 amide bonds. The third-order valence-electron chi connectivity index (χ3n) is 3.84. The third-order valence-corrected chi connectivity index (χ3v) is 5.67. The average Bonchev–Trinajstić information content (AvgIpc) is 2.79. The van der Waals surface area contributed by atoms with Crippen molar-refractivity contribution in [1.29, 1.82) is 0 Å². The summed E-state index contributed by atoms with van der Waals surface area (Å²) in [5, 5.41) is 0. The molecule has 0 N–H and O–H groups in total. The average molecular weight is 336 g/mol. The van der Waals surface area contributed by atoms with Crippen LogP contribution in [0.25, 0.3) is 11.1 Å². The molecule has 0 aromatic heterocycles. The van der Waals surface area contributed by atoms with E-state index in [0.29, 0.717) is 34.1 Å². The Labute approximate surface area is 134 Å². The first-order chi connectivity index (χ1) is 11.0. The van der Waals surface area contributed by atoms with E-state index in [1.807, 2.05) is 0 Å². The van der Waals surface area contributed by atoms with Gasteiger partial charge in [-0.05, 0) is 12.1 Å². The molecular formula is C16H16O6S. The first-order valence-electron chi connectivity index (χ1n) is 6.75. The van der Waals surface area contributed by atoms with Crippen molar-refractivity contribution >= 4 is 9.84 Å². The number of ether oxygens (including phenoxy) is 4. The fraction of sp³-hybridized carbons (Fsp3) is 0.250. The summed E-state index contributed by atoms with van der Waals surface area (Å²) in [6.45, 7) is 0. The molecule has 0 aliphatic carbocycles. The topological polar surface area (TPSA) is 71.1 Å². The Morgan fingerprint density at radius 3 is 1.22 bits per heavy atom. The van der Waals surface area contributed by atoms with Gasteiger partial charge in [-0.25, -0.2) is 8.42 Å². The van der Waals surface area contributed by atoms with Crippen LogP contribution in [0.2, 0.25) is 0 Å². The molecule has 2 aromatic rings. The van der Waals surface area contributed by atoms with E-state index in [1.165, 1.54) is 40.6 Å². The molecule has 0 spiro atoms. The minimum Gasteiger partial charge on any atom is -0.493 e. The highest BCUT2D eigenvalue weighted by molar-refractivity contribution is 7.92. The van der Waals surface area contributed by atoms with Gasteiger partial charge < -0.3 is 18.9 Å². The fourth-order valence-electron chi connectivity index (χ4n) is 2.70. The van der Waals surface area contributed by atoms with Crippen molar-refractivity contribution in [3.63, 3.8) is 0 Å². The van der Waals surface area contributed by atoms with E-state index in [9.17, 15) is 8.42 Å². The quantitative estimate of drug-likeness (QED) is 0.729. The molecule has 0 saturated carbocycles. The summed E-state index contributed by atoms with van der Waals surface area (Å²) in [7, 11) is 2.28. The third kappa shape index (κ3) is 2.11. The van der Waals surface area contributed by atoms with Crippen molar-refractivity contribution in [1.82, 2.24) is 0 Å². The second kappa shape index (κ2) is 5.34. The monoisotopic (exact) mass is 336 g/mol. The fourth-order valence-corrected chi connectivity index (χ4v) is 4.38. The number of rotatable bonds is 4. The molecule has 0 atom stereocenters. The van der Waals surface area contributed by atoms with Crippen LogP contribution in [0.5, 0.6) is 23.0 Å². The molecule has 2 aromatic carbocycles. The molecule has 0 unspecified atom stereocenters. The van der Waals surface area contributed by atoms with Gasteiger partial charge in [0, 0.05) is 23.3 Å². The van der Waals surface area contributed by atoms with Crippen LogP contribution >= 0.6 is 0 Å². The van der Waals surface area contributed by atoms with Crippen molar-refractivity contribution in [2.45, 2.75) is 9.79 Å². The van der Waals surface area contributed by atoms with Gasteiger partial charge in [-0.1, -0.05) is 0 Å². The van der Waals surface area contributed by atoms with E-state index in [0.717, 1.165) is 0 Å². The van der Waals surface area contributed by atoms with Crippen molar-refractivity contribution < 1.29 is 27.4 Å². The number of hydrogen-bond donors (Lipinski definition) is 0. The van der Waals surface area contributed by atoms with Crippen LogP contribution < -0.4 is 18.9 Å². The second-order valence-corrected chi connectivity index (χ2v) is 6.80. The lowest BCUT2D eigenvalue weighted by atomic mass is 10.0. The Balaban J connectivity index is 2.36. The summed E-state index contributed by atoms with van der Waals surface area (Å²) in [4.78, 5) is 0.362. The zero-order valence-electron chi connectivity index (χ0n) is 13.2. The maximum atomic E-state index is 12.8. The second-order valence-electron chi connectivity index (χ2n) is 4.91. The SMILES string of the molecule is COc1cc2c(cc1OC)S(=O)(=O)c1cc(OC)c(OC)cc1-2. The van der Waals surface area contributed by atoms with Gasteiger partial charge in [0.1, 0.15) is 0 Å². The zero-order chi connectivity index (χ0) is 16.8. The van der Waals surface area contributed by atoms with Gasteiger partial charge in [-0.15, -0.1) is 0 Å². The van der Waals surface area contributed by atoms with Crippen LogP contribution in [-0.2, 0) is 9.84 Å². The van der Waals surface area contributed by atoms with Crippen molar-refractivity contribution in [3.8, 4) is 34.1 Å². The Morgan fingerprint density at radius 1 is 0.609 bits per heavy atom. The standard InChI is InChI=1S/C16H16O6S/c1-19-11-5-9-10-6-12(20-2)14(22-4)8-16(10)23(17,18)15(9)7-13(11)21-3/h5-8H,1-4H3. The summed E-state index contributed by atoms with van der Waals surface area (Å²) in [5.41, 5.74) is 1.11. The van der Waals surface area contributed by atoms with Crippen LogP contribution in [0.4, 0.5) is 0 Å². The number of sulfone groups is 1. The lowest BCUT2D eigenvalue weighted by Gasteiger charge is -2.10. The van der Waals surface area contributed by atoms with Gasteiger partial charge in [0.25, 0.3) is 0 Å². The minimum atomic E-state index is -3.65. The summed E-state index contributed by atoms with van der Waals surface area (Å²) in [6, 6.07) is 6.26. The van der Waals surface area contributed by atoms with Crippen LogP contribution in [0.15, 0.2) is 34.1 Å². The normalized spacial score (nSPS) is 13.9. The summed E-state index contributed by atoms with van der Waals surface area (Å²) in [6.07, 6.45) is 0. The lowest BCUT2D eigenvalue weighted by Crippen LogP contribution is -1.99. The lowest BCUT2D eigenvalue weighted by molar-refractivity contribution is 0.353. The molecule has 0 radical (unpaired) electrons. The van der Waals surface area contributed by atoms with Crippen molar-refractivity contribution in [3.05, 3.63) is 24.3 Å². The Morgan fingerprint density at radius 2 is 0.913 bits per heavy atom. The van der Waals surface area contributed by atoms with Crippen LogP contribution in [0.3, 0.4) is 0 Å². The van der Waals surface area contributed by atoms with Crippen LogP contribution in [0.1, 0.15) is 0 Å². The minimum absolute atomic E-state index is 0.181. The molecule has 0 saturated heterocycles. The van der Waals surface area contributed by atoms with E-state index in [2.05, 4.69) is 0 Å². The molecule has 23 heavy (non-hydrogen) atoms. The predicted octanol–water partition coefficient (Wildman–Crippen LogP) is 2.53. The van der Waals surface area contributed by atoms with E-state index in [4.69, 9.17) is 18.9 Å². The molecule has 6 nitrogen and oxygen atoms in total. The first kappa shape index (κ1) is 15.5. The Kier molecular flexibility index (Phi) is 3.60. The summed E-state index contributed by atoms with van der Waals surface area (Å²) >= 11 is 0. The van der Waals surface area contributed by atoms with E-state index in [1.54, 1.807) is 12.1 Å². The van der Waals surface area contributed by atoms with Crippen LogP contribution in [0, 0.1) is 0 Å². The van der Waals surface area contributed by atoms with Gasteiger partial charge in [0.05, 0.1) is 38.2 Å². The van der Waals surface area contributed by atoms with Crippen LogP contribution in [-0.4, -0.2) is 36.9 Å². The predicted molar refractivity (Wildman–Crippen MR) is 83.5 cm³/mol. The maximum Gasteiger partial charge on any atom is 0.208 e. The molecule has 0 bridgehead atoms. The number of fused-ring (bicyclic) bond motifs is 3. The molecule has 1 aliphatic heterocycles. The highest BCUT2D eigenvalue weighted by Crippen LogP contribution is 2.50. The Bertz CT molecular complexity index is 818. The summed E-state index contributed by atoms with van der Waals surface area (Å²) in [5.74, 6) is 1.65. The molecule has 7 heteroatoms. The van der Waals surface area contributed by atoms with Gasteiger partial charge in [0.2, 0.25) is 9.84 Å². The molecule has 1 heterocycles. The summed E-state index contributed by atoms with van der Waals surface area (Å²) < 4.78 is 46.6. The number of benzene rings is 2. The number of hydrogen-bond acceptors (Lipinski definition) is 6. The smallest absolute Gasteiger partial charge is 0.208 e. The van der Waals surface area contributed by atoms with E-state index in [-0.39, 0.29) is 9.79 Å². The highest BCUT2D eigenvalue weighted by Gasteiger charge is 2.36.